The van der Waals surface area contributed by atoms with Crippen LogP contribution < -0.4 is 10.5 Å². The molecule has 0 fully saturated rings. The van der Waals surface area contributed by atoms with E-state index < -0.39 is 0 Å². The zero-order chi connectivity index (χ0) is 14.8. The first-order valence-electron chi connectivity index (χ1n) is 6.70. The summed E-state index contributed by atoms with van der Waals surface area (Å²) in [6.45, 7) is 0. The molecule has 2 aromatic carbocycles. The van der Waals surface area contributed by atoms with E-state index in [4.69, 9.17) is 10.5 Å². The number of methoxy groups -OCH3 is 1. The lowest BCUT2D eigenvalue weighted by Gasteiger charge is -2.09. The van der Waals surface area contributed by atoms with Crippen LogP contribution in [0.15, 0.2) is 42.5 Å². The molecule has 0 spiro atoms. The number of nitrogens with zero attached hydrogens (tertiary/aromatic N) is 1. The molecule has 3 N–H and O–H groups in total. The van der Waals surface area contributed by atoms with E-state index in [1.807, 2.05) is 24.3 Å². The van der Waals surface area contributed by atoms with Gasteiger partial charge in [-0.3, -0.25) is 0 Å². The van der Waals surface area contributed by atoms with Crippen LogP contribution in [-0.4, -0.2) is 17.1 Å². The normalized spacial score (nSPS) is 12.5. The number of hydrogen-bond donors (Lipinski definition) is 2. The van der Waals surface area contributed by atoms with Gasteiger partial charge in [0.05, 0.1) is 18.7 Å². The first kappa shape index (κ1) is 13.6. The summed E-state index contributed by atoms with van der Waals surface area (Å²) in [5.74, 6) is 1.05. The number of aromatic amines is 1. The second-order valence-corrected chi connectivity index (χ2v) is 4.92. The molecule has 108 valence electrons. The molecule has 0 radical (unpaired) electrons. The molecule has 4 nitrogen and oxygen atoms in total. The van der Waals surface area contributed by atoms with Crippen molar-refractivity contribution >= 4 is 11.0 Å². The number of benzene rings is 2. The molecule has 0 saturated heterocycles. The summed E-state index contributed by atoms with van der Waals surface area (Å²) in [6, 6.07) is 12.2. The predicted octanol–water partition coefficient (Wildman–Crippen LogP) is 2.95. The SMILES string of the molecule is COc1ccc(C[C@@H](N)c2nc3c(F)cccc3[nH]2)cc1. The minimum absolute atomic E-state index is 0.315. The maximum Gasteiger partial charge on any atom is 0.151 e. The third-order valence-electron chi connectivity index (χ3n) is 3.45. The van der Waals surface area contributed by atoms with E-state index in [1.54, 1.807) is 19.2 Å². The molecule has 0 aliphatic rings. The van der Waals surface area contributed by atoms with Crippen molar-refractivity contribution in [3.63, 3.8) is 0 Å². The van der Waals surface area contributed by atoms with Gasteiger partial charge in [0.2, 0.25) is 0 Å². The number of imidazole rings is 1. The van der Waals surface area contributed by atoms with Crippen LogP contribution in [0.4, 0.5) is 4.39 Å². The number of ether oxygens (including phenoxy) is 1. The quantitative estimate of drug-likeness (QED) is 0.774. The summed E-state index contributed by atoms with van der Waals surface area (Å²) in [5, 5.41) is 0. The van der Waals surface area contributed by atoms with Gasteiger partial charge in [0.15, 0.2) is 5.82 Å². The van der Waals surface area contributed by atoms with Crippen LogP contribution in [0.2, 0.25) is 0 Å². The fourth-order valence-electron chi connectivity index (χ4n) is 2.30. The van der Waals surface area contributed by atoms with Crippen molar-refractivity contribution in [2.75, 3.05) is 7.11 Å². The first-order valence-corrected chi connectivity index (χ1v) is 6.70. The molecular weight excluding hydrogens is 269 g/mol. The summed E-state index contributed by atoms with van der Waals surface area (Å²) in [6.07, 6.45) is 0.617. The summed E-state index contributed by atoms with van der Waals surface area (Å²) in [5.41, 5.74) is 8.23. The van der Waals surface area contributed by atoms with Crippen LogP contribution in [0, 0.1) is 5.82 Å². The minimum Gasteiger partial charge on any atom is -0.497 e. The number of hydrogen-bond acceptors (Lipinski definition) is 3. The van der Waals surface area contributed by atoms with Gasteiger partial charge in [-0.05, 0) is 36.2 Å². The third-order valence-corrected chi connectivity index (χ3v) is 3.45. The molecule has 21 heavy (non-hydrogen) atoms. The zero-order valence-electron chi connectivity index (χ0n) is 11.6. The molecule has 5 heteroatoms. The Hall–Kier alpha value is -2.40. The lowest BCUT2D eigenvalue weighted by atomic mass is 10.1. The second kappa shape index (κ2) is 5.54. The third kappa shape index (κ3) is 2.73. The lowest BCUT2D eigenvalue weighted by Crippen LogP contribution is -2.14. The van der Waals surface area contributed by atoms with E-state index in [2.05, 4.69) is 9.97 Å². The largest absolute Gasteiger partial charge is 0.497 e. The van der Waals surface area contributed by atoms with Crippen LogP contribution in [0.1, 0.15) is 17.4 Å². The highest BCUT2D eigenvalue weighted by molar-refractivity contribution is 5.75. The maximum absolute atomic E-state index is 13.6. The van der Waals surface area contributed by atoms with Gasteiger partial charge in [-0.1, -0.05) is 18.2 Å². The summed E-state index contributed by atoms with van der Waals surface area (Å²) < 4.78 is 18.8. The molecule has 0 saturated carbocycles. The number of halogens is 1. The second-order valence-electron chi connectivity index (χ2n) is 4.92. The Labute approximate surface area is 121 Å². The molecule has 1 heterocycles. The maximum atomic E-state index is 13.6. The fraction of sp³-hybridized carbons (Fsp3) is 0.188. The molecule has 0 aliphatic heterocycles. The van der Waals surface area contributed by atoms with Gasteiger partial charge in [0.25, 0.3) is 0 Å². The molecule has 0 bridgehead atoms. The lowest BCUT2D eigenvalue weighted by molar-refractivity contribution is 0.414. The van der Waals surface area contributed by atoms with Crippen molar-refractivity contribution in [2.24, 2.45) is 5.73 Å². The van der Waals surface area contributed by atoms with Gasteiger partial charge in [0, 0.05) is 0 Å². The van der Waals surface area contributed by atoms with Crippen LogP contribution in [0.5, 0.6) is 5.75 Å². The van der Waals surface area contributed by atoms with Gasteiger partial charge < -0.3 is 15.5 Å². The van der Waals surface area contributed by atoms with Crippen molar-refractivity contribution in [3.8, 4) is 5.75 Å². The van der Waals surface area contributed by atoms with Crippen molar-refractivity contribution in [2.45, 2.75) is 12.5 Å². The number of para-hydroxylation sites is 1. The average molecular weight is 285 g/mol. The number of H-pyrrole nitrogens is 1. The van der Waals surface area contributed by atoms with E-state index in [-0.39, 0.29) is 11.9 Å². The summed E-state index contributed by atoms with van der Waals surface area (Å²) in [7, 11) is 1.63. The van der Waals surface area contributed by atoms with Gasteiger partial charge in [-0.2, -0.15) is 0 Å². The Kier molecular flexibility index (Phi) is 3.58. The van der Waals surface area contributed by atoms with Gasteiger partial charge in [-0.25, -0.2) is 9.37 Å². The first-order chi connectivity index (χ1) is 10.2. The fourth-order valence-corrected chi connectivity index (χ4v) is 2.30. The molecule has 1 aromatic heterocycles. The number of fused-ring (bicyclic) bond motifs is 1. The van der Waals surface area contributed by atoms with Crippen molar-refractivity contribution in [1.82, 2.24) is 9.97 Å². The molecule has 0 aliphatic carbocycles. The summed E-state index contributed by atoms with van der Waals surface area (Å²) >= 11 is 0. The van der Waals surface area contributed by atoms with Gasteiger partial charge >= 0.3 is 0 Å². The Morgan fingerprint density at radius 2 is 2.00 bits per heavy atom. The number of nitrogens with two attached hydrogens (primary N) is 1. The topological polar surface area (TPSA) is 63.9 Å². The average Bonchev–Trinajstić information content (AvgIpc) is 2.94. The van der Waals surface area contributed by atoms with Crippen molar-refractivity contribution in [3.05, 3.63) is 59.7 Å². The molecule has 0 unspecified atom stereocenters. The molecular formula is C16H16FN3O. The van der Waals surface area contributed by atoms with Crippen molar-refractivity contribution < 1.29 is 9.13 Å². The highest BCUT2D eigenvalue weighted by atomic mass is 19.1. The smallest absolute Gasteiger partial charge is 0.151 e. The molecule has 3 aromatic rings. The predicted molar refractivity (Wildman–Crippen MR) is 79.7 cm³/mol. The Balaban J connectivity index is 1.82. The Morgan fingerprint density at radius 3 is 2.67 bits per heavy atom. The number of rotatable bonds is 4. The number of nitrogens with one attached hydrogen (secondary N) is 1. The molecule has 0 amide bonds. The molecule has 3 rings (SSSR count). The van der Waals surface area contributed by atoms with Crippen LogP contribution >= 0.6 is 0 Å². The van der Waals surface area contributed by atoms with E-state index in [0.29, 0.717) is 23.3 Å². The monoisotopic (exact) mass is 285 g/mol. The number of aromatic nitrogens is 2. The van der Waals surface area contributed by atoms with E-state index in [1.165, 1.54) is 6.07 Å². The van der Waals surface area contributed by atoms with Crippen molar-refractivity contribution in [1.29, 1.82) is 0 Å². The Bertz CT molecular complexity index is 752. The zero-order valence-corrected chi connectivity index (χ0v) is 11.6. The highest BCUT2D eigenvalue weighted by Gasteiger charge is 2.14. The molecule has 1 atom stereocenters. The summed E-state index contributed by atoms with van der Waals surface area (Å²) in [4.78, 5) is 7.34. The van der Waals surface area contributed by atoms with Crippen LogP contribution in [0.25, 0.3) is 11.0 Å². The van der Waals surface area contributed by atoms with E-state index in [0.717, 1.165) is 11.3 Å². The van der Waals surface area contributed by atoms with E-state index >= 15 is 0 Å². The van der Waals surface area contributed by atoms with E-state index in [9.17, 15) is 4.39 Å². The van der Waals surface area contributed by atoms with Gasteiger partial charge in [0.1, 0.15) is 17.1 Å². The van der Waals surface area contributed by atoms with Crippen LogP contribution in [0.3, 0.4) is 0 Å². The van der Waals surface area contributed by atoms with Gasteiger partial charge in [-0.15, -0.1) is 0 Å². The van der Waals surface area contributed by atoms with Crippen LogP contribution in [-0.2, 0) is 6.42 Å². The highest BCUT2D eigenvalue weighted by Crippen LogP contribution is 2.21. The standard InChI is InChI=1S/C16H16FN3O/c1-21-11-7-5-10(6-8-11)9-13(18)16-19-14-4-2-3-12(17)15(14)20-16/h2-8,13H,9,18H2,1H3,(H,19,20)/t13-/m1/s1. The Morgan fingerprint density at radius 1 is 1.24 bits per heavy atom. The minimum atomic E-state index is -0.341.